The highest BCUT2D eigenvalue weighted by Crippen LogP contribution is 2.09. The van der Waals surface area contributed by atoms with Crippen LogP contribution in [0, 0.1) is 0 Å². The number of imidazole rings is 1. The number of carbonyl (C=O) groups excluding carboxylic acids is 3. The quantitative estimate of drug-likeness (QED) is 0.592. The summed E-state index contributed by atoms with van der Waals surface area (Å²) in [7, 11) is 0. The molecular weight excluding hydrogens is 398 g/mol. The van der Waals surface area contributed by atoms with E-state index in [0.29, 0.717) is 26.2 Å². The molecule has 3 rings (SSSR count). The van der Waals surface area contributed by atoms with E-state index in [4.69, 9.17) is 4.74 Å². The van der Waals surface area contributed by atoms with E-state index in [2.05, 4.69) is 20.6 Å². The Morgan fingerprint density at radius 2 is 1.90 bits per heavy atom. The predicted molar refractivity (Wildman–Crippen MR) is 108 cm³/mol. The third-order valence-corrected chi connectivity index (χ3v) is 4.40. The van der Waals surface area contributed by atoms with Crippen LogP contribution < -0.4 is 10.6 Å². The molecule has 1 saturated heterocycles. The van der Waals surface area contributed by atoms with Crippen molar-refractivity contribution in [3.63, 3.8) is 0 Å². The van der Waals surface area contributed by atoms with Crippen molar-refractivity contribution in [1.82, 2.24) is 25.5 Å². The zero-order chi connectivity index (χ0) is 19.9. The van der Waals surface area contributed by atoms with Gasteiger partial charge in [-0.3, -0.25) is 9.59 Å². The average Bonchev–Trinajstić information content (AvgIpc) is 3.23. The van der Waals surface area contributed by atoms with E-state index in [9.17, 15) is 14.4 Å². The fourth-order valence-corrected chi connectivity index (χ4v) is 2.83. The van der Waals surface area contributed by atoms with Gasteiger partial charge in [0.2, 0.25) is 0 Å². The summed E-state index contributed by atoms with van der Waals surface area (Å²) in [6.07, 6.45) is 1.29. The Bertz CT molecular complexity index is 836. The molecule has 9 nitrogen and oxygen atoms in total. The molecule has 156 valence electrons. The number of benzene rings is 1. The van der Waals surface area contributed by atoms with Crippen LogP contribution in [0.5, 0.6) is 0 Å². The van der Waals surface area contributed by atoms with Crippen molar-refractivity contribution in [1.29, 1.82) is 0 Å². The fourth-order valence-electron chi connectivity index (χ4n) is 2.83. The molecule has 0 radical (unpaired) electrons. The molecule has 1 atom stereocenters. The molecule has 1 aromatic heterocycles. The first-order valence-electron chi connectivity index (χ1n) is 9.11. The second-order valence-corrected chi connectivity index (χ2v) is 6.46. The van der Waals surface area contributed by atoms with Crippen LogP contribution in [0.3, 0.4) is 0 Å². The summed E-state index contributed by atoms with van der Waals surface area (Å²) in [5, 5.41) is 5.70. The van der Waals surface area contributed by atoms with Gasteiger partial charge in [0, 0.05) is 26.2 Å². The molecule has 10 heteroatoms. The maximum Gasteiger partial charge on any atom is 0.328 e. The zero-order valence-corrected chi connectivity index (χ0v) is 16.8. The molecule has 1 aliphatic rings. The lowest BCUT2D eigenvalue weighted by molar-refractivity contribution is -0.146. The Morgan fingerprint density at radius 3 is 2.59 bits per heavy atom. The van der Waals surface area contributed by atoms with Gasteiger partial charge in [-0.1, -0.05) is 30.3 Å². The van der Waals surface area contributed by atoms with Gasteiger partial charge in [0.1, 0.15) is 18.3 Å². The minimum atomic E-state index is -0.880. The molecule has 1 fully saturated rings. The summed E-state index contributed by atoms with van der Waals surface area (Å²) in [5.74, 6) is -1.46. The number of H-pyrrole nitrogens is 1. The van der Waals surface area contributed by atoms with Gasteiger partial charge in [0.15, 0.2) is 5.69 Å². The van der Waals surface area contributed by atoms with Gasteiger partial charge in [-0.2, -0.15) is 0 Å². The highest BCUT2D eigenvalue weighted by Gasteiger charge is 2.27. The molecule has 0 spiro atoms. The molecule has 29 heavy (non-hydrogen) atoms. The number of nitrogens with zero attached hydrogens (tertiary/aromatic N) is 2. The predicted octanol–water partition coefficient (Wildman–Crippen LogP) is 0.739. The van der Waals surface area contributed by atoms with E-state index in [-0.39, 0.29) is 36.3 Å². The van der Waals surface area contributed by atoms with Gasteiger partial charge in [0.05, 0.1) is 6.33 Å². The lowest BCUT2D eigenvalue weighted by atomic mass is 10.2. The SMILES string of the molecule is C[C@H](NC(=O)c1nc[nH]c1C(=O)N1CCNCC1)C(=O)OCc1ccccc1.Cl. The molecule has 0 unspecified atom stereocenters. The van der Waals surface area contributed by atoms with Crippen LogP contribution in [0.15, 0.2) is 36.7 Å². The van der Waals surface area contributed by atoms with E-state index in [1.54, 1.807) is 4.90 Å². The smallest absolute Gasteiger partial charge is 0.328 e. The molecule has 0 saturated carbocycles. The van der Waals surface area contributed by atoms with E-state index in [1.165, 1.54) is 13.3 Å². The van der Waals surface area contributed by atoms with Crippen LogP contribution in [-0.4, -0.2) is 64.9 Å². The number of rotatable bonds is 6. The Kier molecular flexibility index (Phi) is 8.17. The largest absolute Gasteiger partial charge is 0.459 e. The normalized spacial score (nSPS) is 14.4. The summed E-state index contributed by atoms with van der Waals surface area (Å²) in [4.78, 5) is 45.6. The number of carbonyl (C=O) groups is 3. The molecule has 3 N–H and O–H groups in total. The minimum absolute atomic E-state index is 0. The number of esters is 1. The van der Waals surface area contributed by atoms with Gasteiger partial charge in [-0.15, -0.1) is 12.4 Å². The minimum Gasteiger partial charge on any atom is -0.459 e. The highest BCUT2D eigenvalue weighted by molar-refractivity contribution is 6.05. The molecule has 1 aromatic carbocycles. The number of nitrogens with one attached hydrogen (secondary N) is 3. The molecule has 0 aliphatic carbocycles. The molecule has 1 aliphatic heterocycles. The second kappa shape index (κ2) is 10.6. The van der Waals surface area contributed by atoms with Gasteiger partial charge < -0.3 is 25.3 Å². The second-order valence-electron chi connectivity index (χ2n) is 6.46. The van der Waals surface area contributed by atoms with Crippen LogP contribution in [0.2, 0.25) is 0 Å². The zero-order valence-electron chi connectivity index (χ0n) is 16.0. The number of piperazine rings is 1. The van der Waals surface area contributed by atoms with E-state index >= 15 is 0 Å². The Labute approximate surface area is 174 Å². The summed E-state index contributed by atoms with van der Waals surface area (Å²) in [5.41, 5.74) is 0.932. The Balaban J connectivity index is 0.00000300. The number of aromatic nitrogens is 2. The first kappa shape index (κ1) is 22.4. The van der Waals surface area contributed by atoms with Gasteiger partial charge in [-0.25, -0.2) is 9.78 Å². The van der Waals surface area contributed by atoms with Crippen molar-refractivity contribution >= 4 is 30.2 Å². The standard InChI is InChI=1S/C19H23N5O4.ClH/c1-13(19(27)28-11-14-5-3-2-4-6-14)23-17(25)15-16(22-12-21-15)18(26)24-9-7-20-8-10-24;/h2-6,12-13,20H,7-11H2,1H3,(H,21,22)(H,23,25);1H/t13-;/m0./s1. The van der Waals surface area contributed by atoms with Crippen LogP contribution in [-0.2, 0) is 16.1 Å². The van der Waals surface area contributed by atoms with Crippen molar-refractivity contribution in [3.05, 3.63) is 53.6 Å². The Hall–Kier alpha value is -2.91. The first-order valence-corrected chi connectivity index (χ1v) is 9.11. The van der Waals surface area contributed by atoms with Crippen molar-refractivity contribution in [2.75, 3.05) is 26.2 Å². The number of hydrogen-bond acceptors (Lipinski definition) is 6. The molecule has 2 amide bonds. The Morgan fingerprint density at radius 1 is 1.21 bits per heavy atom. The van der Waals surface area contributed by atoms with Gasteiger partial charge in [0.25, 0.3) is 11.8 Å². The van der Waals surface area contributed by atoms with Crippen LogP contribution >= 0.6 is 12.4 Å². The topological polar surface area (TPSA) is 116 Å². The number of halogens is 1. The molecule has 0 bridgehead atoms. The fraction of sp³-hybridized carbons (Fsp3) is 0.368. The van der Waals surface area contributed by atoms with Crippen LogP contribution in [0.4, 0.5) is 0 Å². The number of aromatic amines is 1. The maximum absolute atomic E-state index is 12.6. The van der Waals surface area contributed by atoms with E-state index in [0.717, 1.165) is 5.56 Å². The molecule has 2 heterocycles. The van der Waals surface area contributed by atoms with Crippen LogP contribution in [0.25, 0.3) is 0 Å². The average molecular weight is 422 g/mol. The third-order valence-electron chi connectivity index (χ3n) is 4.40. The summed E-state index contributed by atoms with van der Waals surface area (Å²) < 4.78 is 5.22. The first-order chi connectivity index (χ1) is 13.6. The van der Waals surface area contributed by atoms with Crippen molar-refractivity contribution in [2.45, 2.75) is 19.6 Å². The van der Waals surface area contributed by atoms with Crippen molar-refractivity contribution < 1.29 is 19.1 Å². The third kappa shape index (κ3) is 5.78. The molecular formula is C19H24ClN5O4. The van der Waals surface area contributed by atoms with E-state index < -0.39 is 17.9 Å². The van der Waals surface area contributed by atoms with E-state index in [1.807, 2.05) is 30.3 Å². The highest BCUT2D eigenvalue weighted by atomic mass is 35.5. The number of amides is 2. The van der Waals surface area contributed by atoms with Crippen molar-refractivity contribution in [3.8, 4) is 0 Å². The van der Waals surface area contributed by atoms with Gasteiger partial charge >= 0.3 is 5.97 Å². The maximum atomic E-state index is 12.6. The van der Waals surface area contributed by atoms with Gasteiger partial charge in [-0.05, 0) is 12.5 Å². The summed E-state index contributed by atoms with van der Waals surface area (Å²) in [6, 6.07) is 8.38. The lowest BCUT2D eigenvalue weighted by Crippen LogP contribution is -2.47. The van der Waals surface area contributed by atoms with Crippen LogP contribution in [0.1, 0.15) is 33.5 Å². The molecule has 2 aromatic rings. The summed E-state index contributed by atoms with van der Waals surface area (Å²) in [6.45, 7) is 4.16. The lowest BCUT2D eigenvalue weighted by Gasteiger charge is -2.27. The number of ether oxygens (including phenoxy) is 1. The number of hydrogen-bond donors (Lipinski definition) is 3. The van der Waals surface area contributed by atoms with Crippen molar-refractivity contribution in [2.24, 2.45) is 0 Å². The summed E-state index contributed by atoms with van der Waals surface area (Å²) >= 11 is 0. The monoisotopic (exact) mass is 421 g/mol.